The van der Waals surface area contributed by atoms with Crippen molar-refractivity contribution < 1.29 is 0 Å². The van der Waals surface area contributed by atoms with Crippen LogP contribution in [-0.4, -0.2) is 6.54 Å². The van der Waals surface area contributed by atoms with Crippen LogP contribution in [-0.2, 0) is 0 Å². The number of hydrogen-bond acceptors (Lipinski definition) is 1. The van der Waals surface area contributed by atoms with Crippen molar-refractivity contribution in [2.45, 2.75) is 187 Å². The summed E-state index contributed by atoms with van der Waals surface area (Å²) >= 11 is 0. The summed E-state index contributed by atoms with van der Waals surface area (Å²) in [5.41, 5.74) is 0. The van der Waals surface area contributed by atoms with E-state index < -0.39 is 0 Å². The summed E-state index contributed by atoms with van der Waals surface area (Å²) in [6.07, 6.45) is 43.3. The van der Waals surface area contributed by atoms with Crippen LogP contribution in [0.15, 0.2) is 12.3 Å². The molecule has 1 heteroatoms. The molecule has 0 rings (SSSR count). The largest absolute Gasteiger partial charge is 0.391 e. The first-order valence-electron chi connectivity index (χ1n) is 15.8. The molecule has 0 aromatic rings. The van der Waals surface area contributed by atoms with Crippen molar-refractivity contribution >= 4 is 0 Å². The third-order valence-electron chi connectivity index (χ3n) is 7.13. The van der Waals surface area contributed by atoms with E-state index >= 15 is 0 Å². The average Bonchev–Trinajstić information content (AvgIpc) is 2.83. The van der Waals surface area contributed by atoms with Gasteiger partial charge in [-0.05, 0) is 25.5 Å². The Hall–Kier alpha value is -0.460. The first-order valence-corrected chi connectivity index (χ1v) is 15.8. The Balaban J connectivity index is 3.06. The maximum absolute atomic E-state index is 3.49. The normalized spacial score (nSPS) is 11.6. The van der Waals surface area contributed by atoms with Crippen molar-refractivity contribution in [1.82, 2.24) is 5.32 Å². The highest BCUT2D eigenvalue weighted by atomic mass is 14.8. The second-order valence-corrected chi connectivity index (χ2v) is 10.6. The second-order valence-electron chi connectivity index (χ2n) is 10.6. The van der Waals surface area contributed by atoms with Gasteiger partial charge in [-0.1, -0.05) is 174 Å². The van der Waals surface area contributed by atoms with Gasteiger partial charge in [-0.15, -0.1) is 0 Å². The number of rotatable bonds is 29. The van der Waals surface area contributed by atoms with Crippen LogP contribution in [0.2, 0.25) is 0 Å². The maximum Gasteiger partial charge on any atom is 0.0141 e. The van der Waals surface area contributed by atoms with Crippen molar-refractivity contribution in [2.75, 3.05) is 6.54 Å². The molecular weight excluding hydrogens is 398 g/mol. The van der Waals surface area contributed by atoms with Gasteiger partial charge in [0.1, 0.15) is 0 Å². The van der Waals surface area contributed by atoms with Gasteiger partial charge in [0, 0.05) is 6.54 Å². The lowest BCUT2D eigenvalue weighted by Gasteiger charge is -2.03. The quantitative estimate of drug-likeness (QED) is 0.109. The van der Waals surface area contributed by atoms with Crippen LogP contribution in [0.3, 0.4) is 0 Å². The van der Waals surface area contributed by atoms with Gasteiger partial charge < -0.3 is 5.32 Å². The number of allylic oxidation sites excluding steroid dienone is 1. The summed E-state index contributed by atoms with van der Waals surface area (Å²) in [4.78, 5) is 0. The van der Waals surface area contributed by atoms with Crippen LogP contribution in [0.1, 0.15) is 187 Å². The van der Waals surface area contributed by atoms with Crippen molar-refractivity contribution in [3.8, 4) is 0 Å². The minimum Gasteiger partial charge on any atom is -0.391 e. The van der Waals surface area contributed by atoms with Crippen LogP contribution < -0.4 is 5.32 Å². The molecule has 0 heterocycles. The van der Waals surface area contributed by atoms with Gasteiger partial charge in [-0.3, -0.25) is 0 Å². The van der Waals surface area contributed by atoms with Crippen LogP contribution >= 0.6 is 0 Å². The van der Waals surface area contributed by atoms with E-state index in [2.05, 4.69) is 31.4 Å². The predicted molar refractivity (Wildman–Crippen MR) is 153 cm³/mol. The topological polar surface area (TPSA) is 12.0 Å². The molecule has 198 valence electrons. The zero-order valence-corrected chi connectivity index (χ0v) is 23.5. The van der Waals surface area contributed by atoms with E-state index in [0.29, 0.717) is 0 Å². The molecule has 0 spiro atoms. The molecule has 0 aliphatic heterocycles. The lowest BCUT2D eigenvalue weighted by Crippen LogP contribution is -2.06. The maximum atomic E-state index is 3.49. The lowest BCUT2D eigenvalue weighted by atomic mass is 10.0. The molecular formula is C32H65N. The molecule has 1 nitrogen and oxygen atoms in total. The van der Waals surface area contributed by atoms with Gasteiger partial charge in [0.05, 0.1) is 0 Å². The van der Waals surface area contributed by atoms with E-state index in [-0.39, 0.29) is 0 Å². The molecule has 0 aromatic heterocycles. The van der Waals surface area contributed by atoms with E-state index in [9.17, 15) is 0 Å². The first kappa shape index (κ1) is 32.5. The molecule has 0 amide bonds. The average molecular weight is 464 g/mol. The minimum atomic E-state index is 1.16. The molecule has 0 saturated heterocycles. The Bertz CT molecular complexity index is 348. The first-order chi connectivity index (χ1) is 16.4. The van der Waals surface area contributed by atoms with E-state index in [4.69, 9.17) is 0 Å². The van der Waals surface area contributed by atoms with E-state index in [0.717, 1.165) is 6.54 Å². The predicted octanol–water partition coefficient (Wildman–Crippen LogP) is 11.7. The highest BCUT2D eigenvalue weighted by Crippen LogP contribution is 2.14. The smallest absolute Gasteiger partial charge is 0.0141 e. The Morgan fingerprint density at radius 2 is 0.667 bits per heavy atom. The summed E-state index contributed by atoms with van der Waals surface area (Å²) in [6.45, 7) is 5.76. The van der Waals surface area contributed by atoms with E-state index in [1.165, 1.54) is 173 Å². The van der Waals surface area contributed by atoms with Crippen molar-refractivity contribution in [3.05, 3.63) is 12.3 Å². The molecule has 0 saturated carbocycles. The fourth-order valence-corrected chi connectivity index (χ4v) is 4.77. The Morgan fingerprint density at radius 3 is 1.03 bits per heavy atom. The number of nitrogens with one attached hydrogen (secondary N) is 1. The van der Waals surface area contributed by atoms with Crippen LogP contribution in [0.25, 0.3) is 0 Å². The number of hydrogen-bond donors (Lipinski definition) is 1. The Labute approximate surface area is 211 Å². The fraction of sp³-hybridized carbons (Fsp3) is 0.938. The van der Waals surface area contributed by atoms with Gasteiger partial charge in [0.2, 0.25) is 0 Å². The molecule has 0 aliphatic rings. The van der Waals surface area contributed by atoms with Gasteiger partial charge in [0.15, 0.2) is 0 Å². The van der Waals surface area contributed by atoms with Crippen LogP contribution in [0.5, 0.6) is 0 Å². The summed E-state index contributed by atoms with van der Waals surface area (Å²) in [6, 6.07) is 0. The number of unbranched alkanes of at least 4 members (excludes halogenated alkanes) is 25. The zero-order chi connectivity index (χ0) is 23.9. The third-order valence-corrected chi connectivity index (χ3v) is 7.13. The van der Waals surface area contributed by atoms with Crippen molar-refractivity contribution in [3.63, 3.8) is 0 Å². The minimum absolute atomic E-state index is 1.16. The highest BCUT2D eigenvalue weighted by Gasteiger charge is 1.95. The van der Waals surface area contributed by atoms with Crippen LogP contribution in [0.4, 0.5) is 0 Å². The van der Waals surface area contributed by atoms with Gasteiger partial charge in [-0.25, -0.2) is 0 Å². The van der Waals surface area contributed by atoms with Gasteiger partial charge in [0.25, 0.3) is 0 Å². The van der Waals surface area contributed by atoms with Gasteiger partial charge >= 0.3 is 0 Å². The van der Waals surface area contributed by atoms with Crippen molar-refractivity contribution in [2.24, 2.45) is 0 Å². The molecule has 0 radical (unpaired) electrons. The molecule has 0 aromatic carbocycles. The summed E-state index contributed by atoms with van der Waals surface area (Å²) in [5.74, 6) is 0. The summed E-state index contributed by atoms with van der Waals surface area (Å²) in [5, 5.41) is 3.49. The molecule has 0 aliphatic carbocycles. The monoisotopic (exact) mass is 464 g/mol. The molecule has 0 atom stereocenters. The zero-order valence-electron chi connectivity index (χ0n) is 23.5. The SMILES string of the molecule is CCCCCCCCCCCCCCCCC=CNCCCCCCCCCCCCCC. The molecule has 0 bridgehead atoms. The second kappa shape index (κ2) is 31.5. The highest BCUT2D eigenvalue weighted by molar-refractivity contribution is 4.79. The Kier molecular flexibility index (Phi) is 31.1. The summed E-state index contributed by atoms with van der Waals surface area (Å²) in [7, 11) is 0. The van der Waals surface area contributed by atoms with Crippen LogP contribution in [0, 0.1) is 0 Å². The fourth-order valence-electron chi connectivity index (χ4n) is 4.77. The van der Waals surface area contributed by atoms with E-state index in [1.807, 2.05) is 0 Å². The Morgan fingerprint density at radius 1 is 0.364 bits per heavy atom. The molecule has 0 fully saturated rings. The molecule has 0 unspecified atom stereocenters. The van der Waals surface area contributed by atoms with Crippen molar-refractivity contribution in [1.29, 1.82) is 0 Å². The lowest BCUT2D eigenvalue weighted by molar-refractivity contribution is 0.536. The molecule has 1 N–H and O–H groups in total. The standard InChI is InChI=1S/C32H65N/c1-3-5-7-9-11-13-15-17-18-19-20-22-24-26-28-30-32-33-31-29-27-25-23-21-16-14-12-10-8-6-4-2/h30,32-33H,3-29,31H2,1-2H3. The summed E-state index contributed by atoms with van der Waals surface area (Å²) < 4.78 is 0. The van der Waals surface area contributed by atoms with Gasteiger partial charge in [-0.2, -0.15) is 0 Å². The molecule has 33 heavy (non-hydrogen) atoms. The van der Waals surface area contributed by atoms with E-state index in [1.54, 1.807) is 0 Å². The third kappa shape index (κ3) is 31.5.